The van der Waals surface area contributed by atoms with E-state index in [1.807, 2.05) is 0 Å². The fourth-order valence-electron chi connectivity index (χ4n) is 4.92. The van der Waals surface area contributed by atoms with E-state index < -0.39 is 36.2 Å². The SMILES string of the molecule is CN(C(=O)OCc1c(-c2ccc(O[C@H]3CCC[C@H](C(=O)O)C3)c(C(F)F)n2)nnn1C)C1CCCC1. The summed E-state index contributed by atoms with van der Waals surface area (Å²) < 4.78 is 40.5. The third-order valence-electron chi connectivity index (χ3n) is 7.04. The van der Waals surface area contributed by atoms with Gasteiger partial charge < -0.3 is 19.5 Å². The number of aromatic nitrogens is 4. The van der Waals surface area contributed by atoms with Gasteiger partial charge in [0.05, 0.1) is 17.7 Å². The zero-order valence-corrected chi connectivity index (χ0v) is 20.4. The van der Waals surface area contributed by atoms with Gasteiger partial charge in [-0.2, -0.15) is 0 Å². The molecule has 0 bridgehead atoms. The van der Waals surface area contributed by atoms with Crippen molar-refractivity contribution in [2.75, 3.05) is 7.05 Å². The molecule has 196 valence electrons. The van der Waals surface area contributed by atoms with Gasteiger partial charge in [0.25, 0.3) is 6.43 Å². The van der Waals surface area contributed by atoms with Crippen LogP contribution >= 0.6 is 0 Å². The molecule has 0 spiro atoms. The highest BCUT2D eigenvalue weighted by Gasteiger charge is 2.30. The molecule has 0 saturated heterocycles. The average Bonchev–Trinajstić information content (AvgIpc) is 3.52. The third kappa shape index (κ3) is 5.73. The number of ether oxygens (including phenoxy) is 2. The first-order valence-corrected chi connectivity index (χ1v) is 12.2. The van der Waals surface area contributed by atoms with Crippen molar-refractivity contribution in [3.05, 3.63) is 23.5 Å². The van der Waals surface area contributed by atoms with E-state index in [9.17, 15) is 23.5 Å². The quantitative estimate of drug-likeness (QED) is 0.560. The molecule has 0 radical (unpaired) electrons. The Morgan fingerprint density at radius 1 is 1.19 bits per heavy atom. The number of rotatable bonds is 8. The second-order valence-corrected chi connectivity index (χ2v) is 9.43. The fourth-order valence-corrected chi connectivity index (χ4v) is 4.92. The van der Waals surface area contributed by atoms with Gasteiger partial charge in [0.15, 0.2) is 0 Å². The molecule has 2 aliphatic carbocycles. The van der Waals surface area contributed by atoms with Crippen molar-refractivity contribution in [3.63, 3.8) is 0 Å². The molecule has 2 heterocycles. The van der Waals surface area contributed by atoms with E-state index in [0.717, 1.165) is 25.7 Å². The van der Waals surface area contributed by atoms with Crippen LogP contribution in [0.15, 0.2) is 12.1 Å². The van der Waals surface area contributed by atoms with E-state index in [0.29, 0.717) is 25.0 Å². The Morgan fingerprint density at radius 2 is 1.94 bits per heavy atom. The lowest BCUT2D eigenvalue weighted by molar-refractivity contribution is -0.143. The zero-order valence-electron chi connectivity index (χ0n) is 20.4. The largest absolute Gasteiger partial charge is 0.488 e. The molecule has 0 unspecified atom stereocenters. The van der Waals surface area contributed by atoms with Crippen LogP contribution in [0.4, 0.5) is 13.6 Å². The number of aryl methyl sites for hydroxylation is 1. The summed E-state index contributed by atoms with van der Waals surface area (Å²) in [5.41, 5.74) is 0.236. The molecule has 2 saturated carbocycles. The predicted molar refractivity (Wildman–Crippen MR) is 123 cm³/mol. The number of carboxylic acids is 1. The van der Waals surface area contributed by atoms with Crippen molar-refractivity contribution in [2.24, 2.45) is 13.0 Å². The van der Waals surface area contributed by atoms with Gasteiger partial charge in [-0.15, -0.1) is 5.10 Å². The summed E-state index contributed by atoms with van der Waals surface area (Å²) in [4.78, 5) is 29.5. The smallest absolute Gasteiger partial charge is 0.410 e. The van der Waals surface area contributed by atoms with Crippen molar-refractivity contribution in [1.82, 2.24) is 24.9 Å². The molecule has 36 heavy (non-hydrogen) atoms. The summed E-state index contributed by atoms with van der Waals surface area (Å²) in [5, 5.41) is 17.3. The maximum absolute atomic E-state index is 13.9. The highest BCUT2D eigenvalue weighted by atomic mass is 19.3. The minimum absolute atomic E-state index is 0.0835. The topological polar surface area (TPSA) is 120 Å². The number of amides is 1. The Bertz CT molecular complexity index is 1090. The van der Waals surface area contributed by atoms with Crippen LogP contribution in [0.5, 0.6) is 5.75 Å². The highest BCUT2D eigenvalue weighted by molar-refractivity contribution is 5.70. The molecule has 2 aromatic heterocycles. The number of hydrogen-bond donors (Lipinski definition) is 1. The molecule has 1 amide bonds. The number of aliphatic carboxylic acids is 1. The van der Waals surface area contributed by atoms with Crippen molar-refractivity contribution in [3.8, 4) is 17.1 Å². The second kappa shape index (κ2) is 11.2. The number of alkyl halides is 2. The van der Waals surface area contributed by atoms with Gasteiger partial charge in [-0.3, -0.25) is 4.79 Å². The molecule has 2 fully saturated rings. The molecule has 4 rings (SSSR count). The normalized spacial score (nSPS) is 20.5. The van der Waals surface area contributed by atoms with E-state index in [1.165, 1.54) is 16.8 Å². The zero-order chi connectivity index (χ0) is 25.8. The van der Waals surface area contributed by atoms with Gasteiger partial charge in [0.1, 0.15) is 29.4 Å². The first kappa shape index (κ1) is 25.8. The summed E-state index contributed by atoms with van der Waals surface area (Å²) in [6.07, 6.45) is 2.22. The first-order chi connectivity index (χ1) is 17.2. The van der Waals surface area contributed by atoms with E-state index in [1.54, 1.807) is 19.0 Å². The minimum atomic E-state index is -2.92. The maximum atomic E-state index is 13.9. The number of carbonyl (C=O) groups is 2. The Labute approximate surface area is 207 Å². The summed E-state index contributed by atoms with van der Waals surface area (Å²) in [6.45, 7) is -0.142. The molecular weight excluding hydrogens is 476 g/mol. The number of carboxylic acid groups (broad SMARTS) is 1. The number of halogens is 2. The monoisotopic (exact) mass is 507 g/mol. The summed E-state index contributed by atoms with van der Waals surface area (Å²) >= 11 is 0. The predicted octanol–water partition coefficient (Wildman–Crippen LogP) is 4.35. The van der Waals surface area contributed by atoms with Crippen LogP contribution in [0.25, 0.3) is 11.4 Å². The minimum Gasteiger partial charge on any atom is -0.488 e. The number of pyridine rings is 1. The van der Waals surface area contributed by atoms with E-state index >= 15 is 0 Å². The lowest BCUT2D eigenvalue weighted by Crippen LogP contribution is -2.35. The van der Waals surface area contributed by atoms with E-state index in [4.69, 9.17) is 9.47 Å². The van der Waals surface area contributed by atoms with Crippen molar-refractivity contribution >= 4 is 12.1 Å². The van der Waals surface area contributed by atoms with Crippen LogP contribution in [0.3, 0.4) is 0 Å². The maximum Gasteiger partial charge on any atom is 0.410 e. The lowest BCUT2D eigenvalue weighted by atomic mass is 9.87. The highest BCUT2D eigenvalue weighted by Crippen LogP contribution is 2.34. The van der Waals surface area contributed by atoms with Gasteiger partial charge in [-0.1, -0.05) is 18.1 Å². The first-order valence-electron chi connectivity index (χ1n) is 12.2. The molecule has 0 aromatic carbocycles. The van der Waals surface area contributed by atoms with Crippen LogP contribution < -0.4 is 4.74 Å². The van der Waals surface area contributed by atoms with Crippen LogP contribution in [0, 0.1) is 5.92 Å². The standard InChI is InChI=1S/C24H31F2N5O5/c1-30(15-7-3-4-8-15)24(34)35-13-18-20(28-29-31(18)2)17-10-11-19(21(27-17)22(25)26)36-16-9-5-6-14(12-16)23(32)33/h10-11,14-16,22H,3-9,12-13H2,1-2H3,(H,32,33)/t14-,16-/m0/s1. The summed E-state index contributed by atoms with van der Waals surface area (Å²) in [6, 6.07) is 3.05. The molecule has 12 heteroatoms. The van der Waals surface area contributed by atoms with Crippen LogP contribution in [-0.4, -0.2) is 61.2 Å². The lowest BCUT2D eigenvalue weighted by Gasteiger charge is -2.28. The van der Waals surface area contributed by atoms with E-state index in [-0.39, 0.29) is 36.2 Å². The van der Waals surface area contributed by atoms with Gasteiger partial charge in [0.2, 0.25) is 0 Å². The molecule has 2 aliphatic rings. The van der Waals surface area contributed by atoms with Gasteiger partial charge in [-0.05, 0) is 50.7 Å². The van der Waals surface area contributed by atoms with E-state index in [2.05, 4.69) is 15.3 Å². The Morgan fingerprint density at radius 3 is 2.64 bits per heavy atom. The van der Waals surface area contributed by atoms with Crippen molar-refractivity contribution in [1.29, 1.82) is 0 Å². The van der Waals surface area contributed by atoms with Crippen LogP contribution in [0.1, 0.15) is 69.2 Å². The molecule has 0 aliphatic heterocycles. The molecule has 2 aromatic rings. The van der Waals surface area contributed by atoms with Crippen LogP contribution in [0.2, 0.25) is 0 Å². The second-order valence-electron chi connectivity index (χ2n) is 9.43. The Kier molecular flexibility index (Phi) is 8.00. The molecule has 2 atom stereocenters. The Hall–Kier alpha value is -3.31. The Balaban J connectivity index is 1.50. The van der Waals surface area contributed by atoms with Gasteiger partial charge in [-0.25, -0.2) is 23.2 Å². The third-order valence-corrected chi connectivity index (χ3v) is 7.04. The summed E-state index contributed by atoms with van der Waals surface area (Å²) in [7, 11) is 3.33. The van der Waals surface area contributed by atoms with Gasteiger partial charge in [0, 0.05) is 20.1 Å². The molecule has 10 nitrogen and oxygen atoms in total. The average molecular weight is 508 g/mol. The molecular formula is C24H31F2N5O5. The number of nitrogens with zero attached hydrogens (tertiary/aromatic N) is 5. The number of carbonyl (C=O) groups excluding carboxylic acids is 1. The summed E-state index contributed by atoms with van der Waals surface area (Å²) in [5.74, 6) is -1.54. The van der Waals surface area contributed by atoms with Crippen LogP contribution in [-0.2, 0) is 23.2 Å². The van der Waals surface area contributed by atoms with Crippen molar-refractivity contribution < 1.29 is 33.0 Å². The molecule has 1 N–H and O–H groups in total. The van der Waals surface area contributed by atoms with Crippen molar-refractivity contribution in [2.45, 2.75) is 76.5 Å². The fraction of sp³-hybridized carbons (Fsp3) is 0.625. The van der Waals surface area contributed by atoms with Gasteiger partial charge >= 0.3 is 12.1 Å². The number of hydrogen-bond acceptors (Lipinski definition) is 7.